The molecule has 3 aromatic rings. The fourth-order valence-corrected chi connectivity index (χ4v) is 4.33. The van der Waals surface area contributed by atoms with Gasteiger partial charge in [-0.05, 0) is 42.8 Å². The first-order chi connectivity index (χ1) is 13.2. The van der Waals surface area contributed by atoms with Crippen LogP contribution in [0.2, 0.25) is 0 Å². The van der Waals surface area contributed by atoms with E-state index in [9.17, 15) is 9.18 Å². The minimum Gasteiger partial charge on any atom is -0.497 e. The number of carbonyl (C=O) groups excluding carboxylic acids is 1. The average molecular weight is 383 g/mol. The lowest BCUT2D eigenvalue weighted by Crippen LogP contribution is -2.05. The van der Waals surface area contributed by atoms with E-state index in [1.54, 1.807) is 29.9 Å². The quantitative estimate of drug-likeness (QED) is 0.658. The van der Waals surface area contributed by atoms with E-state index in [0.717, 1.165) is 17.7 Å². The molecule has 1 heterocycles. The Morgan fingerprint density at radius 1 is 1.15 bits per heavy atom. The molecule has 0 saturated heterocycles. The highest BCUT2D eigenvalue weighted by atomic mass is 32.2. The molecule has 0 unspecified atom stereocenters. The molecule has 0 aliphatic heterocycles. The number of hydrogen-bond donors (Lipinski definition) is 0. The minimum atomic E-state index is -0.351. The molecule has 0 radical (unpaired) electrons. The number of para-hydroxylation sites is 1. The van der Waals surface area contributed by atoms with Gasteiger partial charge in [-0.25, -0.2) is 4.39 Å². The van der Waals surface area contributed by atoms with E-state index in [2.05, 4.69) is 10.2 Å². The maximum atomic E-state index is 14.6. The van der Waals surface area contributed by atoms with Crippen LogP contribution in [-0.4, -0.2) is 32.9 Å². The van der Waals surface area contributed by atoms with Crippen LogP contribution >= 0.6 is 11.8 Å². The number of halogens is 1. The van der Waals surface area contributed by atoms with E-state index >= 15 is 0 Å². The summed E-state index contributed by atoms with van der Waals surface area (Å²) in [5.74, 6) is 1.19. The molecule has 1 atom stereocenters. The number of carbonyl (C=O) groups is 1. The first kappa shape index (κ1) is 17.7. The molecule has 0 N–H and O–H groups in total. The summed E-state index contributed by atoms with van der Waals surface area (Å²) in [6, 6.07) is 14.0. The fourth-order valence-electron chi connectivity index (χ4n) is 3.15. The van der Waals surface area contributed by atoms with E-state index in [0.29, 0.717) is 29.5 Å². The standard InChI is InChI=1S/C20H18FN3O2S/c1-26-15-9-6-13(7-10-15)19-22-23-20(27-16-11-8-14(25)12-16)24(19)18-5-3-2-4-17(18)21/h2-7,9-10,16H,8,11-12H2,1H3/t16-/m1/s1. The summed E-state index contributed by atoms with van der Waals surface area (Å²) in [6.07, 6.45) is 1.93. The van der Waals surface area contributed by atoms with Crippen LogP contribution in [0.15, 0.2) is 53.7 Å². The van der Waals surface area contributed by atoms with Crippen molar-refractivity contribution in [1.29, 1.82) is 0 Å². The van der Waals surface area contributed by atoms with Gasteiger partial charge in [0.2, 0.25) is 0 Å². The van der Waals surface area contributed by atoms with Crippen LogP contribution in [0.1, 0.15) is 19.3 Å². The van der Waals surface area contributed by atoms with Crippen molar-refractivity contribution in [2.45, 2.75) is 29.7 Å². The highest BCUT2D eigenvalue weighted by Crippen LogP contribution is 2.36. The summed E-state index contributed by atoms with van der Waals surface area (Å²) < 4.78 is 21.5. The van der Waals surface area contributed by atoms with E-state index in [-0.39, 0.29) is 16.9 Å². The predicted octanol–water partition coefficient (Wildman–Crippen LogP) is 4.30. The molecule has 1 aromatic heterocycles. The molecule has 1 aliphatic carbocycles. The molecular weight excluding hydrogens is 365 g/mol. The molecule has 1 saturated carbocycles. The van der Waals surface area contributed by atoms with Gasteiger partial charge in [0.25, 0.3) is 0 Å². The van der Waals surface area contributed by atoms with Gasteiger partial charge in [-0.2, -0.15) is 0 Å². The smallest absolute Gasteiger partial charge is 0.196 e. The largest absolute Gasteiger partial charge is 0.497 e. The van der Waals surface area contributed by atoms with Crippen LogP contribution in [0.4, 0.5) is 4.39 Å². The Bertz CT molecular complexity index is 972. The van der Waals surface area contributed by atoms with Crippen LogP contribution in [0, 0.1) is 5.82 Å². The Hall–Kier alpha value is -2.67. The number of ketones is 1. The van der Waals surface area contributed by atoms with Crippen LogP contribution in [0.3, 0.4) is 0 Å². The first-order valence-electron chi connectivity index (χ1n) is 8.69. The highest BCUT2D eigenvalue weighted by Gasteiger charge is 2.27. The van der Waals surface area contributed by atoms with Gasteiger partial charge >= 0.3 is 0 Å². The summed E-state index contributed by atoms with van der Waals surface area (Å²) >= 11 is 1.49. The van der Waals surface area contributed by atoms with Gasteiger partial charge in [0.1, 0.15) is 17.3 Å². The summed E-state index contributed by atoms with van der Waals surface area (Å²) in [7, 11) is 1.61. The Morgan fingerprint density at radius 2 is 1.93 bits per heavy atom. The Morgan fingerprint density at radius 3 is 2.59 bits per heavy atom. The number of rotatable bonds is 5. The molecule has 1 fully saturated rings. The zero-order valence-corrected chi connectivity index (χ0v) is 15.6. The monoisotopic (exact) mass is 383 g/mol. The van der Waals surface area contributed by atoms with Crippen molar-refractivity contribution >= 4 is 17.5 Å². The number of ether oxygens (including phenoxy) is 1. The van der Waals surface area contributed by atoms with Gasteiger partial charge < -0.3 is 4.74 Å². The van der Waals surface area contributed by atoms with Crippen LogP contribution in [0.5, 0.6) is 5.75 Å². The molecule has 0 spiro atoms. The maximum absolute atomic E-state index is 14.6. The summed E-state index contributed by atoms with van der Waals surface area (Å²) in [4.78, 5) is 11.6. The summed E-state index contributed by atoms with van der Waals surface area (Å²) in [5, 5.41) is 9.37. The third-order valence-corrected chi connectivity index (χ3v) is 5.76. The van der Waals surface area contributed by atoms with Crippen LogP contribution < -0.4 is 4.74 Å². The second-order valence-corrected chi connectivity index (χ2v) is 7.61. The molecular formula is C20H18FN3O2S. The molecule has 5 nitrogen and oxygen atoms in total. The molecule has 1 aliphatic rings. The third kappa shape index (κ3) is 3.60. The van der Waals surface area contributed by atoms with Crippen LogP contribution in [0.25, 0.3) is 17.1 Å². The van der Waals surface area contributed by atoms with E-state index in [4.69, 9.17) is 4.74 Å². The van der Waals surface area contributed by atoms with Crippen molar-refractivity contribution in [3.05, 3.63) is 54.3 Å². The number of nitrogens with zero attached hydrogens (tertiary/aromatic N) is 3. The lowest BCUT2D eigenvalue weighted by atomic mass is 10.2. The number of benzene rings is 2. The Labute approximate surface area is 160 Å². The minimum absolute atomic E-state index is 0.149. The van der Waals surface area contributed by atoms with Gasteiger partial charge in [-0.1, -0.05) is 23.9 Å². The van der Waals surface area contributed by atoms with Crippen molar-refractivity contribution in [3.63, 3.8) is 0 Å². The maximum Gasteiger partial charge on any atom is 0.196 e. The number of methoxy groups -OCH3 is 1. The molecule has 4 rings (SSSR count). The summed E-state index contributed by atoms with van der Waals surface area (Å²) in [5.41, 5.74) is 1.20. The van der Waals surface area contributed by atoms with Crippen molar-refractivity contribution < 1.29 is 13.9 Å². The van der Waals surface area contributed by atoms with Crippen molar-refractivity contribution in [2.75, 3.05) is 7.11 Å². The molecule has 27 heavy (non-hydrogen) atoms. The van der Waals surface area contributed by atoms with Gasteiger partial charge in [-0.3, -0.25) is 9.36 Å². The van der Waals surface area contributed by atoms with Gasteiger partial charge in [0, 0.05) is 23.7 Å². The van der Waals surface area contributed by atoms with Gasteiger partial charge in [0.05, 0.1) is 12.8 Å². The predicted molar refractivity (Wildman–Crippen MR) is 102 cm³/mol. The average Bonchev–Trinajstić information content (AvgIpc) is 3.29. The molecule has 0 bridgehead atoms. The Balaban J connectivity index is 1.79. The zero-order chi connectivity index (χ0) is 18.8. The summed E-state index contributed by atoms with van der Waals surface area (Å²) in [6.45, 7) is 0. The van der Waals surface area contributed by atoms with Crippen molar-refractivity contribution in [3.8, 4) is 22.8 Å². The number of thioether (sulfide) groups is 1. The first-order valence-corrected chi connectivity index (χ1v) is 9.57. The Kier molecular flexibility index (Phi) is 4.94. The second kappa shape index (κ2) is 7.52. The van der Waals surface area contributed by atoms with E-state index < -0.39 is 0 Å². The van der Waals surface area contributed by atoms with Gasteiger partial charge in [0.15, 0.2) is 11.0 Å². The fraction of sp³-hybridized carbons (Fsp3) is 0.250. The molecule has 138 valence electrons. The molecule has 0 amide bonds. The lowest BCUT2D eigenvalue weighted by molar-refractivity contribution is -0.117. The number of Topliss-reactive ketones (excluding diaryl/α,β-unsaturated/α-hetero) is 1. The van der Waals surface area contributed by atoms with E-state index in [1.165, 1.54) is 17.8 Å². The molecule has 7 heteroatoms. The normalized spacial score (nSPS) is 16.7. The molecule has 2 aromatic carbocycles. The van der Waals surface area contributed by atoms with E-state index in [1.807, 2.05) is 24.3 Å². The third-order valence-electron chi connectivity index (χ3n) is 4.55. The van der Waals surface area contributed by atoms with Crippen molar-refractivity contribution in [1.82, 2.24) is 14.8 Å². The van der Waals surface area contributed by atoms with Crippen molar-refractivity contribution in [2.24, 2.45) is 0 Å². The van der Waals surface area contributed by atoms with Gasteiger partial charge in [-0.15, -0.1) is 10.2 Å². The zero-order valence-electron chi connectivity index (χ0n) is 14.8. The lowest BCUT2D eigenvalue weighted by Gasteiger charge is -2.13. The number of aromatic nitrogens is 3. The SMILES string of the molecule is COc1ccc(-c2nnc(S[C@@H]3CCC(=O)C3)n2-c2ccccc2F)cc1. The second-order valence-electron chi connectivity index (χ2n) is 6.34. The highest BCUT2D eigenvalue weighted by molar-refractivity contribution is 7.99. The topological polar surface area (TPSA) is 57.0 Å². The number of hydrogen-bond acceptors (Lipinski definition) is 5. The van der Waals surface area contributed by atoms with Crippen LogP contribution in [-0.2, 0) is 4.79 Å².